The van der Waals surface area contributed by atoms with Crippen molar-refractivity contribution in [3.05, 3.63) is 63.9 Å². The van der Waals surface area contributed by atoms with Gasteiger partial charge in [0.05, 0.1) is 5.92 Å². The molecule has 5 rings (SSSR count). The summed E-state index contributed by atoms with van der Waals surface area (Å²) in [6.07, 6.45) is 6.95. The lowest BCUT2D eigenvalue weighted by Crippen LogP contribution is -2.38. The molecule has 0 saturated heterocycles. The van der Waals surface area contributed by atoms with Crippen LogP contribution in [0.5, 0.6) is 5.75 Å². The third-order valence-electron chi connectivity index (χ3n) is 9.85. The van der Waals surface area contributed by atoms with Crippen LogP contribution >= 0.6 is 11.6 Å². The summed E-state index contributed by atoms with van der Waals surface area (Å²) in [5.74, 6) is -1.61. The van der Waals surface area contributed by atoms with Gasteiger partial charge in [-0.3, -0.25) is 0 Å². The summed E-state index contributed by atoms with van der Waals surface area (Å²) in [5, 5.41) is -0.741. The largest absolute Gasteiger partial charge is 0.432 e. The van der Waals surface area contributed by atoms with Crippen LogP contribution in [-0.2, 0) is 0 Å². The van der Waals surface area contributed by atoms with E-state index in [-0.39, 0.29) is 11.7 Å². The van der Waals surface area contributed by atoms with Crippen molar-refractivity contribution in [2.24, 2.45) is 23.7 Å². The van der Waals surface area contributed by atoms with Gasteiger partial charge in [0, 0.05) is 12.1 Å². The second kappa shape index (κ2) is 12.0. The van der Waals surface area contributed by atoms with E-state index in [0.29, 0.717) is 55.6 Å². The van der Waals surface area contributed by atoms with E-state index in [2.05, 4.69) is 13.0 Å². The van der Waals surface area contributed by atoms with Crippen molar-refractivity contribution in [3.8, 4) is 5.75 Å². The van der Waals surface area contributed by atoms with Gasteiger partial charge in [0.2, 0.25) is 0 Å². The summed E-state index contributed by atoms with van der Waals surface area (Å²) in [7, 11) is 0. The van der Waals surface area contributed by atoms with Gasteiger partial charge in [0.15, 0.2) is 0 Å². The van der Waals surface area contributed by atoms with E-state index in [0.717, 1.165) is 55.6 Å². The summed E-state index contributed by atoms with van der Waals surface area (Å²) >= 11 is 5.44. The Morgan fingerprint density at radius 1 is 0.692 bits per heavy atom. The quantitative estimate of drug-likeness (QED) is 0.249. The normalized spacial score (nSPS) is 30.2. The van der Waals surface area contributed by atoms with Crippen molar-refractivity contribution >= 4 is 11.6 Å². The molecule has 1 nitrogen and oxygen atoms in total. The van der Waals surface area contributed by atoms with Gasteiger partial charge in [-0.2, -0.15) is 8.78 Å². The van der Waals surface area contributed by atoms with Crippen LogP contribution in [0.3, 0.4) is 0 Å². The van der Waals surface area contributed by atoms with Crippen LogP contribution < -0.4 is 4.74 Å². The van der Waals surface area contributed by atoms with Crippen LogP contribution in [0, 0.1) is 41.1 Å². The molecule has 2 aromatic rings. The van der Waals surface area contributed by atoms with Crippen LogP contribution in [0.1, 0.15) is 107 Å². The minimum absolute atomic E-state index is 0.0715. The third kappa shape index (κ3) is 6.57. The van der Waals surface area contributed by atoms with Gasteiger partial charge in [-0.05, 0) is 111 Å². The second-order valence-electron chi connectivity index (χ2n) is 12.3. The molecule has 0 amide bonds. The number of halogens is 6. The van der Waals surface area contributed by atoms with Gasteiger partial charge in [-0.15, -0.1) is 0 Å². The number of hydrogen-bond donors (Lipinski definition) is 0. The minimum Gasteiger partial charge on any atom is -0.432 e. The van der Waals surface area contributed by atoms with Gasteiger partial charge in [0.1, 0.15) is 28.2 Å². The van der Waals surface area contributed by atoms with Gasteiger partial charge >= 0.3 is 6.11 Å². The monoisotopic (exact) mass is 568 g/mol. The number of rotatable bonds is 6. The van der Waals surface area contributed by atoms with Crippen LogP contribution in [0.4, 0.5) is 22.0 Å². The fourth-order valence-corrected chi connectivity index (χ4v) is 7.49. The van der Waals surface area contributed by atoms with Crippen molar-refractivity contribution in [1.29, 1.82) is 0 Å². The molecule has 3 aliphatic carbocycles. The van der Waals surface area contributed by atoms with Crippen LogP contribution in [0.2, 0.25) is 5.02 Å². The average Bonchev–Trinajstić information content (AvgIpc) is 2.92. The predicted molar refractivity (Wildman–Crippen MR) is 144 cm³/mol. The zero-order valence-corrected chi connectivity index (χ0v) is 23.3. The fourth-order valence-electron chi connectivity index (χ4n) is 7.38. The van der Waals surface area contributed by atoms with Crippen molar-refractivity contribution in [3.63, 3.8) is 0 Å². The van der Waals surface area contributed by atoms with Gasteiger partial charge in [-0.1, -0.05) is 43.5 Å². The molecule has 0 heterocycles. The number of hydrogen-bond acceptors (Lipinski definition) is 1. The summed E-state index contributed by atoms with van der Waals surface area (Å²) in [6.45, 7) is 2.29. The topological polar surface area (TPSA) is 9.23 Å². The van der Waals surface area contributed by atoms with E-state index in [1.807, 2.05) is 6.07 Å². The lowest BCUT2D eigenvalue weighted by Gasteiger charge is -2.39. The van der Waals surface area contributed by atoms with Gasteiger partial charge in [0.25, 0.3) is 0 Å². The molecule has 0 atom stereocenters. The summed E-state index contributed by atoms with van der Waals surface area (Å²) in [6, 6.07) is 7.31. The molecular formula is C32H38ClF5O. The van der Waals surface area contributed by atoms with Crippen LogP contribution in [-0.4, -0.2) is 6.11 Å². The van der Waals surface area contributed by atoms with Crippen molar-refractivity contribution < 1.29 is 26.7 Å². The van der Waals surface area contributed by atoms with E-state index < -0.39 is 34.4 Å². The highest BCUT2D eigenvalue weighted by atomic mass is 35.5. The predicted octanol–water partition coefficient (Wildman–Crippen LogP) is 10.8. The van der Waals surface area contributed by atoms with Crippen LogP contribution in [0.25, 0.3) is 0 Å². The molecule has 0 N–H and O–H groups in total. The zero-order valence-electron chi connectivity index (χ0n) is 22.5. The highest BCUT2D eigenvalue weighted by Gasteiger charge is 2.45. The number of ether oxygens (including phenoxy) is 1. The fraction of sp³-hybridized carbons (Fsp3) is 0.625. The first kappa shape index (κ1) is 28.7. The Labute approximate surface area is 233 Å². The van der Waals surface area contributed by atoms with Gasteiger partial charge < -0.3 is 4.74 Å². The SMILES string of the molecule is CC1CCC(c2ccc(C3CCC(C4CCC(C(F)(F)Oc5cc(F)c(Cl)c(F)c5)CC4)CC3)c(F)c2)CC1. The van der Waals surface area contributed by atoms with E-state index >= 15 is 4.39 Å². The molecule has 214 valence electrons. The average molecular weight is 569 g/mol. The van der Waals surface area contributed by atoms with Crippen molar-refractivity contribution in [2.45, 2.75) is 102 Å². The van der Waals surface area contributed by atoms with Crippen molar-refractivity contribution in [2.75, 3.05) is 0 Å². The Hall–Kier alpha value is -1.82. The molecule has 3 fully saturated rings. The standard InChI is InChI=1S/C32H38ClF5O/c1-19-2-4-22(5-3-19)24-12-15-27(28(34)16-24)23-8-6-20(7-9-23)21-10-13-25(14-11-21)32(37,38)39-26-17-29(35)31(33)30(36)18-26/h12,15-23,25H,2-11,13-14H2,1H3. The first-order valence-corrected chi connectivity index (χ1v) is 15.0. The highest BCUT2D eigenvalue weighted by molar-refractivity contribution is 6.30. The lowest BCUT2D eigenvalue weighted by atomic mass is 9.68. The smallest absolute Gasteiger partial charge is 0.400 e. The minimum atomic E-state index is -3.52. The van der Waals surface area contributed by atoms with E-state index in [9.17, 15) is 17.6 Å². The maximum Gasteiger partial charge on any atom is 0.400 e. The second-order valence-corrected chi connectivity index (χ2v) is 12.7. The van der Waals surface area contributed by atoms with E-state index in [1.54, 1.807) is 6.07 Å². The first-order chi connectivity index (χ1) is 18.6. The Kier molecular flexibility index (Phi) is 8.80. The molecule has 0 spiro atoms. The molecule has 0 unspecified atom stereocenters. The van der Waals surface area contributed by atoms with Gasteiger partial charge in [-0.25, -0.2) is 13.2 Å². The molecule has 0 radical (unpaired) electrons. The van der Waals surface area contributed by atoms with E-state index in [4.69, 9.17) is 16.3 Å². The molecule has 2 aromatic carbocycles. The molecule has 0 aromatic heterocycles. The Morgan fingerprint density at radius 3 is 1.79 bits per heavy atom. The molecule has 0 bridgehead atoms. The molecule has 3 saturated carbocycles. The zero-order chi connectivity index (χ0) is 27.7. The third-order valence-corrected chi connectivity index (χ3v) is 10.2. The maximum atomic E-state index is 15.2. The molecule has 0 aliphatic heterocycles. The highest BCUT2D eigenvalue weighted by Crippen LogP contribution is 2.47. The summed E-state index contributed by atoms with van der Waals surface area (Å²) in [5.41, 5.74) is 1.97. The molecule has 3 aliphatic rings. The Balaban J connectivity index is 1.11. The molecular weight excluding hydrogens is 531 g/mol. The van der Waals surface area contributed by atoms with E-state index in [1.165, 1.54) is 12.8 Å². The molecule has 7 heteroatoms. The maximum absolute atomic E-state index is 15.2. The molecule has 39 heavy (non-hydrogen) atoms. The lowest BCUT2D eigenvalue weighted by molar-refractivity contribution is -0.224. The van der Waals surface area contributed by atoms with Crippen LogP contribution in [0.15, 0.2) is 30.3 Å². The number of alkyl halides is 2. The number of benzene rings is 2. The van der Waals surface area contributed by atoms with Crippen molar-refractivity contribution in [1.82, 2.24) is 0 Å². The Bertz CT molecular complexity index is 1110. The summed E-state index contributed by atoms with van der Waals surface area (Å²) < 4.78 is 76.9. The Morgan fingerprint density at radius 2 is 1.23 bits per heavy atom. The first-order valence-electron chi connectivity index (χ1n) is 14.6. The summed E-state index contributed by atoms with van der Waals surface area (Å²) in [4.78, 5) is 0.